The second-order valence-corrected chi connectivity index (χ2v) is 7.45. The van der Waals surface area contributed by atoms with Crippen LogP contribution in [0.4, 0.5) is 0 Å². The van der Waals surface area contributed by atoms with Crippen molar-refractivity contribution in [3.8, 4) is 11.8 Å². The number of benzene rings is 1. The highest BCUT2D eigenvalue weighted by molar-refractivity contribution is 7.09. The van der Waals surface area contributed by atoms with Gasteiger partial charge in [0.25, 0.3) is 11.8 Å². The van der Waals surface area contributed by atoms with E-state index in [1.807, 2.05) is 30.3 Å². The molecule has 3 heterocycles. The Kier molecular flexibility index (Phi) is 5.63. The maximum atomic E-state index is 12.3. The molecule has 8 nitrogen and oxygen atoms in total. The Bertz CT molecular complexity index is 1040. The van der Waals surface area contributed by atoms with E-state index in [0.717, 1.165) is 23.4 Å². The van der Waals surface area contributed by atoms with Crippen molar-refractivity contribution in [1.82, 2.24) is 24.8 Å². The molecular formula is C20H18N6O2S. The van der Waals surface area contributed by atoms with Gasteiger partial charge < -0.3 is 4.90 Å². The molecule has 1 N–H and O–H groups in total. The Morgan fingerprint density at radius 2 is 1.83 bits per heavy atom. The van der Waals surface area contributed by atoms with Crippen LogP contribution in [0.3, 0.4) is 0 Å². The first-order valence-corrected chi connectivity index (χ1v) is 10.0. The van der Waals surface area contributed by atoms with E-state index < -0.39 is 0 Å². The van der Waals surface area contributed by atoms with Gasteiger partial charge >= 0.3 is 0 Å². The van der Waals surface area contributed by atoms with Gasteiger partial charge in [-0.1, -0.05) is 24.1 Å². The Balaban J connectivity index is 1.32. The highest BCUT2D eigenvalue weighted by Crippen LogP contribution is 2.30. The van der Waals surface area contributed by atoms with Crippen LogP contribution in [-0.2, 0) is 4.79 Å². The second kappa shape index (κ2) is 8.67. The summed E-state index contributed by atoms with van der Waals surface area (Å²) in [6.07, 6.45) is 4.41. The van der Waals surface area contributed by atoms with Gasteiger partial charge in [0.1, 0.15) is 18.3 Å². The highest BCUT2D eigenvalue weighted by Gasteiger charge is 2.25. The fourth-order valence-corrected chi connectivity index (χ4v) is 4.04. The Hall–Kier alpha value is -3.51. The van der Waals surface area contributed by atoms with E-state index in [0.29, 0.717) is 18.8 Å². The number of nitrogens with one attached hydrogen (secondary N) is 1. The Morgan fingerprint density at radius 1 is 1.10 bits per heavy atom. The largest absolute Gasteiger partial charge is 0.332 e. The smallest absolute Gasteiger partial charge is 0.298 e. The molecule has 2 amide bonds. The van der Waals surface area contributed by atoms with E-state index in [9.17, 15) is 9.59 Å². The fourth-order valence-electron chi connectivity index (χ4n) is 3.07. The van der Waals surface area contributed by atoms with Gasteiger partial charge in [-0.15, -0.1) is 21.5 Å². The molecule has 2 aromatic heterocycles. The zero-order valence-electron chi connectivity index (χ0n) is 15.5. The molecule has 3 aromatic rings. The van der Waals surface area contributed by atoms with Crippen LogP contribution < -0.4 is 5.43 Å². The standard InChI is InChI=1S/C20H18N6O2S/c27-18(7-6-15-4-2-1-3-5-15)25-10-8-16(9-11-25)20-23-17(12-29-20)19(28)24-26-13-21-22-14-26/h1-5,12-14,16H,8-11H2,(H,24,28). The summed E-state index contributed by atoms with van der Waals surface area (Å²) < 4.78 is 1.38. The van der Waals surface area contributed by atoms with Gasteiger partial charge in [0.05, 0.1) is 5.01 Å². The van der Waals surface area contributed by atoms with E-state index >= 15 is 0 Å². The quantitative estimate of drug-likeness (QED) is 0.671. The van der Waals surface area contributed by atoms with Crippen molar-refractivity contribution in [2.24, 2.45) is 0 Å². The molecule has 1 aliphatic heterocycles. The van der Waals surface area contributed by atoms with Crippen molar-refractivity contribution in [3.63, 3.8) is 0 Å². The average Bonchev–Trinajstić information content (AvgIpc) is 3.45. The molecule has 29 heavy (non-hydrogen) atoms. The van der Waals surface area contributed by atoms with E-state index in [-0.39, 0.29) is 17.7 Å². The first-order chi connectivity index (χ1) is 14.2. The molecular weight excluding hydrogens is 388 g/mol. The summed E-state index contributed by atoms with van der Waals surface area (Å²) in [5.41, 5.74) is 3.83. The van der Waals surface area contributed by atoms with Crippen LogP contribution in [0.15, 0.2) is 48.4 Å². The number of likely N-dealkylation sites (tertiary alicyclic amines) is 1. The molecule has 0 saturated carbocycles. The molecule has 1 saturated heterocycles. The summed E-state index contributed by atoms with van der Waals surface area (Å²) in [5.74, 6) is 5.41. The molecule has 0 radical (unpaired) electrons. The van der Waals surface area contributed by atoms with Gasteiger partial charge in [-0.2, -0.15) is 0 Å². The SMILES string of the molecule is O=C(Nn1cnnc1)c1csc(C2CCN(C(=O)C#Cc3ccccc3)CC2)n1. The number of piperidine rings is 1. The number of aromatic nitrogens is 4. The van der Waals surface area contributed by atoms with E-state index in [4.69, 9.17) is 0 Å². The van der Waals surface area contributed by atoms with Gasteiger partial charge in [0.15, 0.2) is 0 Å². The number of rotatable bonds is 3. The van der Waals surface area contributed by atoms with Crippen LogP contribution >= 0.6 is 11.3 Å². The monoisotopic (exact) mass is 406 g/mol. The number of amides is 2. The third-order valence-corrected chi connectivity index (χ3v) is 5.63. The molecule has 0 unspecified atom stereocenters. The van der Waals surface area contributed by atoms with E-state index in [2.05, 4.69) is 32.4 Å². The number of nitrogens with zero attached hydrogens (tertiary/aromatic N) is 5. The van der Waals surface area contributed by atoms with E-state index in [1.54, 1.807) is 10.3 Å². The second-order valence-electron chi connectivity index (χ2n) is 6.56. The lowest BCUT2D eigenvalue weighted by Crippen LogP contribution is -2.37. The Labute approximate surface area is 171 Å². The lowest BCUT2D eigenvalue weighted by Gasteiger charge is -2.29. The van der Waals surface area contributed by atoms with Gasteiger partial charge in [0.2, 0.25) is 0 Å². The van der Waals surface area contributed by atoms with E-state index in [1.165, 1.54) is 28.7 Å². The molecule has 0 spiro atoms. The molecule has 146 valence electrons. The Morgan fingerprint density at radius 3 is 2.55 bits per heavy atom. The number of hydrogen-bond donors (Lipinski definition) is 1. The topological polar surface area (TPSA) is 93.0 Å². The summed E-state index contributed by atoms with van der Waals surface area (Å²) in [4.78, 5) is 30.8. The number of thiazole rings is 1. The summed E-state index contributed by atoms with van der Waals surface area (Å²) in [5, 5.41) is 9.94. The van der Waals surface area contributed by atoms with Crippen molar-refractivity contribution >= 4 is 23.2 Å². The summed E-state index contributed by atoms with van der Waals surface area (Å²) in [6, 6.07) is 9.47. The predicted octanol–water partition coefficient (Wildman–Crippen LogP) is 1.88. The van der Waals surface area contributed by atoms with Crippen LogP contribution in [-0.4, -0.2) is 49.7 Å². The summed E-state index contributed by atoms with van der Waals surface area (Å²) in [6.45, 7) is 1.27. The first kappa shape index (κ1) is 18.8. The minimum absolute atomic E-state index is 0.152. The first-order valence-electron chi connectivity index (χ1n) is 9.16. The average molecular weight is 406 g/mol. The molecule has 4 rings (SSSR count). The molecule has 1 fully saturated rings. The van der Waals surface area contributed by atoms with Crippen molar-refractivity contribution in [2.75, 3.05) is 18.5 Å². The lowest BCUT2D eigenvalue weighted by molar-refractivity contribution is -0.126. The van der Waals surface area contributed by atoms with Crippen molar-refractivity contribution in [1.29, 1.82) is 0 Å². The van der Waals surface area contributed by atoms with Crippen molar-refractivity contribution < 1.29 is 9.59 Å². The van der Waals surface area contributed by atoms with Crippen molar-refractivity contribution in [2.45, 2.75) is 18.8 Å². The maximum Gasteiger partial charge on any atom is 0.298 e. The fraction of sp³-hybridized carbons (Fsp3) is 0.250. The molecule has 0 aliphatic carbocycles. The minimum atomic E-state index is -0.309. The molecule has 0 bridgehead atoms. The van der Waals surface area contributed by atoms with Crippen LogP contribution in [0, 0.1) is 11.8 Å². The molecule has 1 aliphatic rings. The third-order valence-electron chi connectivity index (χ3n) is 4.62. The van der Waals surface area contributed by atoms with Gasteiger partial charge in [-0.3, -0.25) is 15.0 Å². The predicted molar refractivity (Wildman–Crippen MR) is 108 cm³/mol. The molecule has 9 heteroatoms. The molecule has 0 atom stereocenters. The summed E-state index contributed by atoms with van der Waals surface area (Å²) >= 11 is 1.47. The zero-order valence-corrected chi connectivity index (χ0v) is 16.3. The van der Waals surface area contributed by atoms with Gasteiger partial charge in [-0.05, 0) is 25.0 Å². The number of carbonyl (C=O) groups excluding carboxylic acids is 2. The lowest BCUT2D eigenvalue weighted by atomic mass is 9.97. The summed E-state index contributed by atoms with van der Waals surface area (Å²) in [7, 11) is 0. The van der Waals surface area contributed by atoms with Crippen LogP contribution in [0.2, 0.25) is 0 Å². The highest BCUT2D eigenvalue weighted by atomic mass is 32.1. The van der Waals surface area contributed by atoms with Gasteiger partial charge in [-0.25, -0.2) is 9.66 Å². The third kappa shape index (κ3) is 4.67. The van der Waals surface area contributed by atoms with Crippen molar-refractivity contribution in [3.05, 3.63) is 64.6 Å². The van der Waals surface area contributed by atoms with Gasteiger partial charge in [0, 0.05) is 35.9 Å². The normalized spacial score (nSPS) is 14.1. The number of carbonyl (C=O) groups is 2. The maximum absolute atomic E-state index is 12.3. The number of hydrogen-bond acceptors (Lipinski definition) is 6. The molecule has 1 aromatic carbocycles. The van der Waals surface area contributed by atoms with Crippen LogP contribution in [0.1, 0.15) is 39.8 Å². The minimum Gasteiger partial charge on any atom is -0.332 e. The van der Waals surface area contributed by atoms with Crippen LogP contribution in [0.25, 0.3) is 0 Å². The zero-order chi connectivity index (χ0) is 20.1. The van der Waals surface area contributed by atoms with Crippen LogP contribution in [0.5, 0.6) is 0 Å².